The molecule has 2 unspecified atom stereocenters. The minimum Gasteiger partial charge on any atom is -0.465 e. The van der Waals surface area contributed by atoms with Crippen LogP contribution in [0.15, 0.2) is 18.2 Å². The maximum atomic E-state index is 13.7. The van der Waals surface area contributed by atoms with Crippen molar-refractivity contribution in [1.82, 2.24) is 0 Å². The molecule has 2 atom stereocenters. The molecule has 3 nitrogen and oxygen atoms in total. The molecule has 1 saturated carbocycles. The predicted molar refractivity (Wildman–Crippen MR) is 68.2 cm³/mol. The van der Waals surface area contributed by atoms with Crippen LogP contribution >= 0.6 is 0 Å². The van der Waals surface area contributed by atoms with Gasteiger partial charge in [0, 0.05) is 6.04 Å². The fourth-order valence-corrected chi connectivity index (χ4v) is 2.44. The number of methoxy groups -OCH3 is 1. The van der Waals surface area contributed by atoms with E-state index in [1.165, 1.54) is 25.3 Å². The molecule has 1 aliphatic rings. The standard InChI is InChI=1S/C14H18FNO2/c1-9-3-5-11(7-9)16-13-8-10(14(17)18-2)4-6-12(13)15/h4,6,8-9,11,16H,3,5,7H2,1-2H3. The Morgan fingerprint density at radius 2 is 2.22 bits per heavy atom. The van der Waals surface area contributed by atoms with Gasteiger partial charge in [0.1, 0.15) is 5.82 Å². The van der Waals surface area contributed by atoms with Crippen LogP contribution in [0.4, 0.5) is 10.1 Å². The summed E-state index contributed by atoms with van der Waals surface area (Å²) in [5.74, 6) is -0.102. The number of esters is 1. The number of hydrogen-bond acceptors (Lipinski definition) is 3. The highest BCUT2D eigenvalue weighted by atomic mass is 19.1. The van der Waals surface area contributed by atoms with E-state index >= 15 is 0 Å². The summed E-state index contributed by atoms with van der Waals surface area (Å²) in [6.45, 7) is 2.20. The lowest BCUT2D eigenvalue weighted by Crippen LogP contribution is -2.16. The summed E-state index contributed by atoms with van der Waals surface area (Å²) in [5, 5.41) is 3.18. The summed E-state index contributed by atoms with van der Waals surface area (Å²) < 4.78 is 18.3. The summed E-state index contributed by atoms with van der Waals surface area (Å²) in [4.78, 5) is 11.4. The number of carbonyl (C=O) groups is 1. The number of ether oxygens (including phenoxy) is 1. The van der Waals surface area contributed by atoms with E-state index in [0.717, 1.165) is 19.3 Å². The van der Waals surface area contributed by atoms with E-state index < -0.39 is 5.97 Å². The zero-order valence-corrected chi connectivity index (χ0v) is 10.7. The quantitative estimate of drug-likeness (QED) is 0.838. The number of carbonyl (C=O) groups excluding carboxylic acids is 1. The maximum absolute atomic E-state index is 13.7. The number of benzene rings is 1. The van der Waals surface area contributed by atoms with Gasteiger partial charge in [-0.25, -0.2) is 9.18 Å². The second kappa shape index (κ2) is 5.38. The van der Waals surface area contributed by atoms with Gasteiger partial charge in [0.2, 0.25) is 0 Å². The van der Waals surface area contributed by atoms with Crippen LogP contribution in [0.25, 0.3) is 0 Å². The van der Waals surface area contributed by atoms with Crippen molar-refractivity contribution in [3.8, 4) is 0 Å². The third-order valence-corrected chi connectivity index (χ3v) is 3.44. The molecule has 1 N–H and O–H groups in total. The van der Waals surface area contributed by atoms with Gasteiger partial charge in [0.15, 0.2) is 0 Å². The number of anilines is 1. The van der Waals surface area contributed by atoms with Crippen LogP contribution in [0.1, 0.15) is 36.5 Å². The Labute approximate surface area is 106 Å². The molecule has 1 aromatic carbocycles. The molecule has 1 aliphatic carbocycles. The van der Waals surface area contributed by atoms with E-state index in [0.29, 0.717) is 23.2 Å². The Morgan fingerprint density at radius 3 is 2.83 bits per heavy atom. The van der Waals surface area contributed by atoms with Gasteiger partial charge in [0.05, 0.1) is 18.4 Å². The van der Waals surface area contributed by atoms with E-state index in [4.69, 9.17) is 0 Å². The minimum absolute atomic E-state index is 0.294. The van der Waals surface area contributed by atoms with Crippen molar-refractivity contribution in [3.63, 3.8) is 0 Å². The molecule has 18 heavy (non-hydrogen) atoms. The van der Waals surface area contributed by atoms with Crippen molar-refractivity contribution in [2.75, 3.05) is 12.4 Å². The van der Waals surface area contributed by atoms with Gasteiger partial charge in [-0.3, -0.25) is 0 Å². The first-order valence-corrected chi connectivity index (χ1v) is 6.24. The van der Waals surface area contributed by atoms with Crippen LogP contribution in [0.3, 0.4) is 0 Å². The van der Waals surface area contributed by atoms with E-state index in [2.05, 4.69) is 17.0 Å². The lowest BCUT2D eigenvalue weighted by atomic mass is 10.1. The number of nitrogens with one attached hydrogen (secondary N) is 1. The average Bonchev–Trinajstić information content (AvgIpc) is 2.76. The molecule has 0 spiro atoms. The van der Waals surface area contributed by atoms with E-state index in [1.807, 2.05) is 0 Å². The highest BCUT2D eigenvalue weighted by Crippen LogP contribution is 2.28. The van der Waals surface area contributed by atoms with E-state index in [9.17, 15) is 9.18 Å². The van der Waals surface area contributed by atoms with Crippen molar-refractivity contribution in [2.45, 2.75) is 32.2 Å². The van der Waals surface area contributed by atoms with Crippen molar-refractivity contribution < 1.29 is 13.9 Å². The van der Waals surface area contributed by atoms with Crippen LogP contribution in [0, 0.1) is 11.7 Å². The molecule has 0 bridgehead atoms. The van der Waals surface area contributed by atoms with Crippen LogP contribution in [-0.2, 0) is 4.74 Å². The molecule has 1 fully saturated rings. The molecule has 2 rings (SSSR count). The molecule has 0 aromatic heterocycles. The van der Waals surface area contributed by atoms with Gasteiger partial charge in [-0.15, -0.1) is 0 Å². The van der Waals surface area contributed by atoms with Crippen molar-refractivity contribution in [2.24, 2.45) is 5.92 Å². The molecule has 0 heterocycles. The number of halogens is 1. The average molecular weight is 251 g/mol. The molecule has 98 valence electrons. The van der Waals surface area contributed by atoms with Gasteiger partial charge in [-0.05, 0) is 43.4 Å². The monoisotopic (exact) mass is 251 g/mol. The summed E-state index contributed by atoms with van der Waals surface area (Å²) in [6, 6.07) is 4.54. The Morgan fingerprint density at radius 1 is 1.44 bits per heavy atom. The number of rotatable bonds is 3. The Bertz CT molecular complexity index is 447. The first kappa shape index (κ1) is 12.9. The Balaban J connectivity index is 2.13. The predicted octanol–water partition coefficient (Wildman–Crippen LogP) is 3.21. The lowest BCUT2D eigenvalue weighted by molar-refractivity contribution is 0.0600. The fraction of sp³-hybridized carbons (Fsp3) is 0.500. The minimum atomic E-state index is -0.446. The normalized spacial score (nSPS) is 22.8. The summed E-state index contributed by atoms with van der Waals surface area (Å²) in [7, 11) is 1.32. The Kier molecular flexibility index (Phi) is 3.84. The third kappa shape index (κ3) is 2.81. The van der Waals surface area contributed by atoms with Crippen molar-refractivity contribution in [1.29, 1.82) is 0 Å². The van der Waals surface area contributed by atoms with Gasteiger partial charge in [0.25, 0.3) is 0 Å². The first-order chi connectivity index (χ1) is 8.60. The second-order valence-electron chi connectivity index (χ2n) is 4.95. The maximum Gasteiger partial charge on any atom is 0.337 e. The molecule has 0 amide bonds. The van der Waals surface area contributed by atoms with Gasteiger partial charge in [-0.1, -0.05) is 6.92 Å². The molecule has 1 aromatic rings. The largest absolute Gasteiger partial charge is 0.465 e. The molecule has 0 radical (unpaired) electrons. The first-order valence-electron chi connectivity index (χ1n) is 6.24. The zero-order chi connectivity index (χ0) is 13.1. The highest BCUT2D eigenvalue weighted by molar-refractivity contribution is 5.90. The molecule has 0 aliphatic heterocycles. The van der Waals surface area contributed by atoms with Crippen molar-refractivity contribution >= 4 is 11.7 Å². The summed E-state index contributed by atoms with van der Waals surface area (Å²) >= 11 is 0. The van der Waals surface area contributed by atoms with E-state index in [-0.39, 0.29) is 5.82 Å². The molecular formula is C14H18FNO2. The molecule has 0 saturated heterocycles. The summed E-state index contributed by atoms with van der Waals surface area (Å²) in [5.41, 5.74) is 0.754. The Hall–Kier alpha value is -1.58. The fourth-order valence-electron chi connectivity index (χ4n) is 2.44. The third-order valence-electron chi connectivity index (χ3n) is 3.44. The topological polar surface area (TPSA) is 38.3 Å². The van der Waals surface area contributed by atoms with Gasteiger partial charge < -0.3 is 10.1 Å². The SMILES string of the molecule is COC(=O)c1ccc(F)c(NC2CCC(C)C2)c1. The van der Waals surface area contributed by atoms with Crippen LogP contribution in [-0.4, -0.2) is 19.1 Å². The molecular weight excluding hydrogens is 233 g/mol. The lowest BCUT2D eigenvalue weighted by Gasteiger charge is -2.15. The number of hydrogen-bond donors (Lipinski definition) is 1. The van der Waals surface area contributed by atoms with Crippen LogP contribution < -0.4 is 5.32 Å². The van der Waals surface area contributed by atoms with Crippen LogP contribution in [0.5, 0.6) is 0 Å². The molecule has 4 heteroatoms. The van der Waals surface area contributed by atoms with Crippen molar-refractivity contribution in [3.05, 3.63) is 29.6 Å². The highest BCUT2D eigenvalue weighted by Gasteiger charge is 2.22. The smallest absolute Gasteiger partial charge is 0.337 e. The zero-order valence-electron chi connectivity index (χ0n) is 10.7. The van der Waals surface area contributed by atoms with E-state index in [1.54, 1.807) is 0 Å². The van der Waals surface area contributed by atoms with Gasteiger partial charge in [-0.2, -0.15) is 0 Å². The summed E-state index contributed by atoms with van der Waals surface area (Å²) in [6.07, 6.45) is 3.25. The van der Waals surface area contributed by atoms with Gasteiger partial charge >= 0.3 is 5.97 Å². The van der Waals surface area contributed by atoms with Crippen LogP contribution in [0.2, 0.25) is 0 Å². The second-order valence-corrected chi connectivity index (χ2v) is 4.95.